The molecule has 2 nitrogen and oxygen atoms in total. The molecule has 340 valence electrons. The molecule has 0 spiro atoms. The van der Waals surface area contributed by atoms with Crippen LogP contribution in [-0.2, 0) is 21.7 Å². The lowest BCUT2D eigenvalue weighted by atomic mass is 9.80. The van der Waals surface area contributed by atoms with E-state index in [2.05, 4.69) is 256 Å². The first-order valence-electron chi connectivity index (χ1n) is 24.2. The fourth-order valence-corrected chi connectivity index (χ4v) is 9.63. The number of nitrogens with zero attached hydrogens (tertiary/aromatic N) is 2. The number of fused-ring (bicyclic) bond motifs is 5. The van der Waals surface area contributed by atoms with Gasteiger partial charge in [0.2, 0.25) is 0 Å². The van der Waals surface area contributed by atoms with E-state index in [1.807, 2.05) is 0 Å². The van der Waals surface area contributed by atoms with E-state index in [1.165, 1.54) is 122 Å². The van der Waals surface area contributed by atoms with Gasteiger partial charge in [0.15, 0.2) is 0 Å². The van der Waals surface area contributed by atoms with E-state index >= 15 is 0 Å². The van der Waals surface area contributed by atoms with Gasteiger partial charge < -0.3 is 9.80 Å². The van der Waals surface area contributed by atoms with Crippen LogP contribution in [-0.4, -0.2) is 0 Å². The Morgan fingerprint density at radius 1 is 0.273 bits per heavy atom. The van der Waals surface area contributed by atoms with E-state index in [0.717, 1.165) is 0 Å². The standard InChI is InChI=1S/C64H74N2/c1-39-27-49(28-40(2)43(39)5)65(51-33-45(61(7,8)9)31-46(34-51)62(10,11)12)59-37-57-54-24-20-22-26-56(54)60(38-58(57)53-23-19-21-25-55(53)59)66(50-29-41(3)44(6)42(4)30-50)52-35-47(63(13,14)15)32-48(36-52)64(16,17)18/h19-38H,1-18H3. The highest BCUT2D eigenvalue weighted by Gasteiger charge is 2.28. The van der Waals surface area contributed by atoms with Gasteiger partial charge in [0.05, 0.1) is 11.4 Å². The summed E-state index contributed by atoms with van der Waals surface area (Å²) in [6, 6.07) is 47.5. The van der Waals surface area contributed by atoms with Gasteiger partial charge in [-0.2, -0.15) is 0 Å². The third-order valence-electron chi connectivity index (χ3n) is 14.5. The quantitative estimate of drug-likeness (QED) is 0.154. The number of hydrogen-bond acceptors (Lipinski definition) is 2. The minimum atomic E-state index is -0.0424. The second kappa shape index (κ2) is 16.5. The van der Waals surface area contributed by atoms with E-state index in [0.29, 0.717) is 0 Å². The van der Waals surface area contributed by atoms with Crippen molar-refractivity contribution in [3.63, 3.8) is 0 Å². The third kappa shape index (κ3) is 8.65. The highest BCUT2D eigenvalue weighted by Crippen LogP contribution is 2.50. The van der Waals surface area contributed by atoms with Crippen molar-refractivity contribution in [3.8, 4) is 0 Å². The minimum Gasteiger partial charge on any atom is -0.310 e. The van der Waals surface area contributed by atoms with Crippen LogP contribution in [0.2, 0.25) is 0 Å². The Balaban J connectivity index is 1.52. The van der Waals surface area contributed by atoms with E-state index in [9.17, 15) is 0 Å². The molecule has 0 N–H and O–H groups in total. The maximum absolute atomic E-state index is 2.56. The maximum Gasteiger partial charge on any atom is 0.0546 e. The van der Waals surface area contributed by atoms with Gasteiger partial charge >= 0.3 is 0 Å². The zero-order valence-electron chi connectivity index (χ0n) is 43.4. The van der Waals surface area contributed by atoms with Crippen molar-refractivity contribution < 1.29 is 0 Å². The summed E-state index contributed by atoms with van der Waals surface area (Å²) in [7, 11) is 0. The average molecular weight is 871 g/mol. The number of hydrogen-bond donors (Lipinski definition) is 0. The normalized spacial score (nSPS) is 12.7. The molecule has 0 atom stereocenters. The third-order valence-corrected chi connectivity index (χ3v) is 14.5. The van der Waals surface area contributed by atoms with Crippen LogP contribution in [0.1, 0.15) is 139 Å². The van der Waals surface area contributed by atoms with Gasteiger partial charge in [0.25, 0.3) is 0 Å². The van der Waals surface area contributed by atoms with E-state index in [-0.39, 0.29) is 21.7 Å². The fourth-order valence-electron chi connectivity index (χ4n) is 9.63. The molecule has 0 amide bonds. The molecule has 0 aromatic heterocycles. The molecular weight excluding hydrogens is 797 g/mol. The molecule has 0 bridgehead atoms. The monoisotopic (exact) mass is 871 g/mol. The average Bonchev–Trinajstić information content (AvgIpc) is 3.23. The molecule has 0 saturated heterocycles. The van der Waals surface area contributed by atoms with Crippen LogP contribution in [0.25, 0.3) is 32.3 Å². The van der Waals surface area contributed by atoms with Crippen molar-refractivity contribution >= 4 is 66.4 Å². The highest BCUT2D eigenvalue weighted by atomic mass is 15.2. The molecule has 0 radical (unpaired) electrons. The second-order valence-electron chi connectivity index (χ2n) is 23.6. The Labute approximate surface area is 397 Å². The van der Waals surface area contributed by atoms with Gasteiger partial charge in [0.1, 0.15) is 0 Å². The van der Waals surface area contributed by atoms with E-state index < -0.39 is 0 Å². The van der Waals surface area contributed by atoms with Crippen LogP contribution in [0.5, 0.6) is 0 Å². The largest absolute Gasteiger partial charge is 0.310 e. The van der Waals surface area contributed by atoms with Crippen molar-refractivity contribution in [1.82, 2.24) is 0 Å². The Bertz CT molecular complexity index is 2860. The second-order valence-corrected chi connectivity index (χ2v) is 23.6. The van der Waals surface area contributed by atoms with Crippen LogP contribution in [0, 0.1) is 41.5 Å². The SMILES string of the molecule is Cc1cc(N(c2cc(C(C)(C)C)cc(C(C)(C)C)c2)c2cc3c4ccccc4c(N(c4cc(C(C)(C)C)cc(C(C)(C)C)c4)c4cc(C)c(C)c(C)c4)cc3c3ccccc23)cc(C)c1C. The lowest BCUT2D eigenvalue weighted by Gasteiger charge is -2.33. The Morgan fingerprint density at radius 2 is 0.515 bits per heavy atom. The maximum atomic E-state index is 2.56. The zero-order chi connectivity index (χ0) is 48.0. The Hall–Kier alpha value is -5.86. The van der Waals surface area contributed by atoms with Gasteiger partial charge in [-0.1, -0.05) is 144 Å². The van der Waals surface area contributed by atoms with Crippen molar-refractivity contribution in [2.75, 3.05) is 9.80 Å². The summed E-state index contributed by atoms with van der Waals surface area (Å²) in [6.07, 6.45) is 0. The van der Waals surface area contributed by atoms with Gasteiger partial charge in [0, 0.05) is 33.5 Å². The van der Waals surface area contributed by atoms with Gasteiger partial charge in [-0.05, 0) is 201 Å². The molecular formula is C64H74N2. The van der Waals surface area contributed by atoms with Crippen molar-refractivity contribution in [2.45, 2.75) is 146 Å². The van der Waals surface area contributed by atoms with Crippen LogP contribution >= 0.6 is 0 Å². The smallest absolute Gasteiger partial charge is 0.0546 e. The number of anilines is 6. The summed E-state index contributed by atoms with van der Waals surface area (Å²) in [6.45, 7) is 41.6. The van der Waals surface area contributed by atoms with Crippen LogP contribution in [0.3, 0.4) is 0 Å². The Morgan fingerprint density at radius 3 is 0.773 bits per heavy atom. The van der Waals surface area contributed by atoms with Crippen molar-refractivity contribution in [1.29, 1.82) is 0 Å². The minimum absolute atomic E-state index is 0.0424. The van der Waals surface area contributed by atoms with Crippen molar-refractivity contribution in [3.05, 3.63) is 177 Å². The summed E-state index contributed by atoms with van der Waals surface area (Å²) in [5, 5.41) is 7.40. The lowest BCUT2D eigenvalue weighted by Crippen LogP contribution is -2.19. The van der Waals surface area contributed by atoms with Crippen LogP contribution in [0.4, 0.5) is 34.1 Å². The van der Waals surface area contributed by atoms with Gasteiger partial charge in [-0.3, -0.25) is 0 Å². The molecule has 0 fully saturated rings. The summed E-state index contributed by atoms with van der Waals surface area (Å²) >= 11 is 0. The highest BCUT2D eigenvalue weighted by molar-refractivity contribution is 6.24. The molecule has 8 aromatic carbocycles. The van der Waals surface area contributed by atoms with Crippen LogP contribution < -0.4 is 9.80 Å². The predicted molar refractivity (Wildman–Crippen MR) is 292 cm³/mol. The van der Waals surface area contributed by atoms with Gasteiger partial charge in [-0.25, -0.2) is 0 Å². The van der Waals surface area contributed by atoms with E-state index in [1.54, 1.807) is 0 Å². The summed E-state index contributed by atoms with van der Waals surface area (Å²) in [4.78, 5) is 5.12. The first-order chi connectivity index (χ1) is 30.7. The first kappa shape index (κ1) is 46.7. The zero-order valence-corrected chi connectivity index (χ0v) is 43.4. The summed E-state index contributed by atoms with van der Waals surface area (Å²) < 4.78 is 0. The molecule has 0 aliphatic rings. The van der Waals surface area contributed by atoms with Crippen molar-refractivity contribution in [2.24, 2.45) is 0 Å². The number of benzene rings is 8. The number of rotatable bonds is 6. The summed E-state index contributed by atoms with van der Waals surface area (Å²) in [5.41, 5.74) is 20.1. The number of aryl methyl sites for hydroxylation is 4. The molecule has 0 saturated carbocycles. The predicted octanol–water partition coefficient (Wildman–Crippen LogP) is 19.1. The molecule has 0 aliphatic heterocycles. The van der Waals surface area contributed by atoms with Gasteiger partial charge in [-0.15, -0.1) is 0 Å². The fraction of sp³-hybridized carbons (Fsp3) is 0.344. The summed E-state index contributed by atoms with van der Waals surface area (Å²) in [5.74, 6) is 0. The molecule has 8 aromatic rings. The van der Waals surface area contributed by atoms with E-state index in [4.69, 9.17) is 0 Å². The molecule has 0 aliphatic carbocycles. The first-order valence-corrected chi connectivity index (χ1v) is 24.2. The molecule has 8 rings (SSSR count). The topological polar surface area (TPSA) is 6.48 Å². The van der Waals surface area contributed by atoms with Crippen LogP contribution in [0.15, 0.2) is 121 Å². The lowest BCUT2D eigenvalue weighted by molar-refractivity contribution is 0.568. The molecule has 0 unspecified atom stereocenters. The molecule has 2 heteroatoms. The molecule has 66 heavy (non-hydrogen) atoms. The Kier molecular flexibility index (Phi) is 11.7. The molecule has 0 heterocycles.